The van der Waals surface area contributed by atoms with Crippen LogP contribution in [-0.2, 0) is 4.74 Å². The lowest BCUT2D eigenvalue weighted by atomic mass is 10.1. The van der Waals surface area contributed by atoms with Gasteiger partial charge in [0.25, 0.3) is 0 Å². The molecule has 0 spiro atoms. The summed E-state index contributed by atoms with van der Waals surface area (Å²) in [5.41, 5.74) is 0.983. The summed E-state index contributed by atoms with van der Waals surface area (Å²) >= 11 is 0. The van der Waals surface area contributed by atoms with Gasteiger partial charge in [0.05, 0.1) is 0 Å². The summed E-state index contributed by atoms with van der Waals surface area (Å²) < 4.78 is 5.40. The summed E-state index contributed by atoms with van der Waals surface area (Å²) in [6.45, 7) is 5.70. The molecule has 1 aliphatic heterocycles. The molecule has 0 bridgehead atoms. The number of nitrogens with zero attached hydrogens (tertiary/aromatic N) is 3. The van der Waals surface area contributed by atoms with Crippen LogP contribution in [0, 0.1) is 0 Å². The first kappa shape index (κ1) is 15.7. The fourth-order valence-corrected chi connectivity index (χ4v) is 2.50. The van der Waals surface area contributed by atoms with Crippen molar-refractivity contribution in [3.63, 3.8) is 0 Å². The van der Waals surface area contributed by atoms with E-state index in [9.17, 15) is 0 Å². The third-order valence-corrected chi connectivity index (χ3v) is 3.64. The van der Waals surface area contributed by atoms with Gasteiger partial charge in [0.15, 0.2) is 5.82 Å². The number of hydrogen-bond acceptors (Lipinski definition) is 6. The highest BCUT2D eigenvalue weighted by molar-refractivity contribution is 5.57. The lowest BCUT2D eigenvalue weighted by molar-refractivity contribution is 0.0903. The molecule has 0 saturated carbocycles. The van der Waals surface area contributed by atoms with E-state index in [2.05, 4.69) is 39.4 Å². The van der Waals surface area contributed by atoms with Crippen molar-refractivity contribution in [3.05, 3.63) is 30.3 Å². The molecule has 0 aliphatic carbocycles. The smallest absolute Gasteiger partial charge is 0.228 e. The van der Waals surface area contributed by atoms with Gasteiger partial charge >= 0.3 is 0 Å². The van der Waals surface area contributed by atoms with E-state index in [1.54, 1.807) is 0 Å². The Morgan fingerprint density at radius 1 is 1.00 bits per heavy atom. The third-order valence-electron chi connectivity index (χ3n) is 3.64. The van der Waals surface area contributed by atoms with E-state index in [-0.39, 0.29) is 6.04 Å². The number of benzene rings is 1. The molecule has 122 valence electrons. The lowest BCUT2D eigenvalue weighted by Crippen LogP contribution is -2.29. The van der Waals surface area contributed by atoms with Gasteiger partial charge in [-0.3, -0.25) is 0 Å². The van der Waals surface area contributed by atoms with E-state index in [0.717, 1.165) is 31.6 Å². The van der Waals surface area contributed by atoms with Gasteiger partial charge in [-0.05, 0) is 26.7 Å². The van der Waals surface area contributed by atoms with Crippen LogP contribution in [0.3, 0.4) is 0 Å². The van der Waals surface area contributed by atoms with Crippen LogP contribution in [-0.4, -0.2) is 40.2 Å². The fraction of sp³-hybridized carbons (Fsp3) is 0.471. The molecule has 2 heterocycles. The van der Waals surface area contributed by atoms with Gasteiger partial charge in [0, 0.05) is 30.9 Å². The molecule has 3 rings (SSSR count). The van der Waals surface area contributed by atoms with Gasteiger partial charge in [-0.25, -0.2) is 0 Å². The normalized spacial score (nSPS) is 15.6. The van der Waals surface area contributed by atoms with E-state index in [1.165, 1.54) is 0 Å². The molecule has 1 saturated heterocycles. The summed E-state index contributed by atoms with van der Waals surface area (Å²) in [4.78, 5) is 13.6. The summed E-state index contributed by atoms with van der Waals surface area (Å²) in [7, 11) is 0. The van der Waals surface area contributed by atoms with Crippen LogP contribution in [0.15, 0.2) is 30.3 Å². The van der Waals surface area contributed by atoms with Gasteiger partial charge in [0.1, 0.15) is 0 Å². The number of nitrogens with one attached hydrogen (secondary N) is 2. The van der Waals surface area contributed by atoms with Crippen molar-refractivity contribution in [2.45, 2.75) is 38.8 Å². The molecule has 1 fully saturated rings. The fourth-order valence-electron chi connectivity index (χ4n) is 2.50. The van der Waals surface area contributed by atoms with Gasteiger partial charge < -0.3 is 15.4 Å². The van der Waals surface area contributed by atoms with Crippen molar-refractivity contribution in [3.8, 4) is 11.4 Å². The first-order chi connectivity index (χ1) is 11.2. The highest BCUT2D eigenvalue weighted by atomic mass is 16.5. The standard InChI is InChI=1S/C17H23N5O/c1-12(2)18-16-20-15(13-6-4-3-5-7-13)21-17(22-16)19-14-8-10-23-11-9-14/h3-7,12,14H,8-11H2,1-2H3,(H2,18,19,20,21,22). The Morgan fingerprint density at radius 2 is 1.70 bits per heavy atom. The molecule has 0 unspecified atom stereocenters. The number of hydrogen-bond donors (Lipinski definition) is 2. The topological polar surface area (TPSA) is 72.0 Å². The van der Waals surface area contributed by atoms with E-state index in [0.29, 0.717) is 23.8 Å². The molecular formula is C17H23N5O. The van der Waals surface area contributed by atoms with Crippen LogP contribution >= 0.6 is 0 Å². The Kier molecular flexibility index (Phi) is 5.02. The maximum atomic E-state index is 5.40. The average molecular weight is 313 g/mol. The van der Waals surface area contributed by atoms with Gasteiger partial charge in [-0.2, -0.15) is 15.0 Å². The second-order valence-corrected chi connectivity index (χ2v) is 6.00. The zero-order chi connectivity index (χ0) is 16.1. The van der Waals surface area contributed by atoms with Crippen molar-refractivity contribution in [2.24, 2.45) is 0 Å². The van der Waals surface area contributed by atoms with Gasteiger partial charge in [0.2, 0.25) is 11.9 Å². The molecule has 0 atom stereocenters. The second-order valence-electron chi connectivity index (χ2n) is 6.00. The van der Waals surface area contributed by atoms with E-state index in [1.807, 2.05) is 30.3 Å². The van der Waals surface area contributed by atoms with Crippen molar-refractivity contribution >= 4 is 11.9 Å². The second kappa shape index (κ2) is 7.37. The molecule has 0 radical (unpaired) electrons. The van der Waals surface area contributed by atoms with Crippen molar-refractivity contribution in [1.82, 2.24) is 15.0 Å². The largest absolute Gasteiger partial charge is 0.381 e. The van der Waals surface area contributed by atoms with Crippen LogP contribution in [0.1, 0.15) is 26.7 Å². The van der Waals surface area contributed by atoms with Crippen molar-refractivity contribution < 1.29 is 4.74 Å². The third kappa shape index (κ3) is 4.39. The first-order valence-electron chi connectivity index (χ1n) is 8.13. The Bertz CT molecular complexity index is 626. The molecule has 1 aromatic carbocycles. The van der Waals surface area contributed by atoms with Crippen molar-refractivity contribution in [1.29, 1.82) is 0 Å². The zero-order valence-electron chi connectivity index (χ0n) is 13.6. The number of rotatable bonds is 5. The predicted octanol–water partition coefficient (Wildman–Crippen LogP) is 2.95. The zero-order valence-corrected chi connectivity index (χ0v) is 13.6. The Hall–Kier alpha value is -2.21. The van der Waals surface area contributed by atoms with Crippen LogP contribution in [0.2, 0.25) is 0 Å². The summed E-state index contributed by atoms with van der Waals surface area (Å²) in [5.74, 6) is 1.90. The Balaban J connectivity index is 1.87. The molecule has 23 heavy (non-hydrogen) atoms. The van der Waals surface area contributed by atoms with Crippen molar-refractivity contribution in [2.75, 3.05) is 23.8 Å². The maximum absolute atomic E-state index is 5.40. The van der Waals surface area contributed by atoms with Crippen LogP contribution in [0.5, 0.6) is 0 Å². The molecule has 2 aromatic rings. The molecular weight excluding hydrogens is 290 g/mol. The Labute approximate surface area is 136 Å². The summed E-state index contributed by atoms with van der Waals surface area (Å²) in [5, 5.41) is 6.69. The van der Waals surface area contributed by atoms with E-state index in [4.69, 9.17) is 4.74 Å². The maximum Gasteiger partial charge on any atom is 0.228 e. The molecule has 6 nitrogen and oxygen atoms in total. The molecule has 6 heteroatoms. The van der Waals surface area contributed by atoms with E-state index < -0.39 is 0 Å². The van der Waals surface area contributed by atoms with Crippen LogP contribution in [0.25, 0.3) is 11.4 Å². The minimum absolute atomic E-state index is 0.261. The van der Waals surface area contributed by atoms with Gasteiger partial charge in [-0.15, -0.1) is 0 Å². The predicted molar refractivity (Wildman–Crippen MR) is 91.5 cm³/mol. The number of anilines is 2. The number of ether oxygens (including phenoxy) is 1. The summed E-state index contributed by atoms with van der Waals surface area (Å²) in [6, 6.07) is 10.6. The minimum atomic E-state index is 0.261. The molecule has 2 N–H and O–H groups in total. The SMILES string of the molecule is CC(C)Nc1nc(NC2CCOCC2)nc(-c2ccccc2)n1. The molecule has 1 aromatic heterocycles. The Morgan fingerprint density at radius 3 is 2.39 bits per heavy atom. The quantitative estimate of drug-likeness (QED) is 0.884. The molecule has 0 amide bonds. The van der Waals surface area contributed by atoms with Crippen LogP contribution in [0.4, 0.5) is 11.9 Å². The summed E-state index contributed by atoms with van der Waals surface area (Å²) in [6.07, 6.45) is 1.94. The monoisotopic (exact) mass is 313 g/mol. The van der Waals surface area contributed by atoms with E-state index >= 15 is 0 Å². The molecule has 1 aliphatic rings. The lowest BCUT2D eigenvalue weighted by Gasteiger charge is -2.23. The average Bonchev–Trinajstić information content (AvgIpc) is 2.56. The number of aromatic nitrogens is 3. The first-order valence-corrected chi connectivity index (χ1v) is 8.13. The van der Waals surface area contributed by atoms with Crippen LogP contribution < -0.4 is 10.6 Å². The highest BCUT2D eigenvalue weighted by Gasteiger charge is 2.16. The highest BCUT2D eigenvalue weighted by Crippen LogP contribution is 2.19. The van der Waals surface area contributed by atoms with Gasteiger partial charge in [-0.1, -0.05) is 30.3 Å². The minimum Gasteiger partial charge on any atom is -0.381 e.